The molecule has 0 saturated carbocycles. The molecule has 2 aromatic carbocycles. The van der Waals surface area contributed by atoms with Gasteiger partial charge in [-0.15, -0.1) is 0 Å². The Morgan fingerprint density at radius 2 is 1.47 bits per heavy atom. The highest BCUT2D eigenvalue weighted by atomic mass is 35.5. The van der Waals surface area contributed by atoms with E-state index >= 15 is 0 Å². The van der Waals surface area contributed by atoms with Crippen molar-refractivity contribution in [3.8, 4) is 0 Å². The van der Waals surface area contributed by atoms with Gasteiger partial charge in [-0.1, -0.05) is 46.9 Å². The van der Waals surface area contributed by atoms with Crippen molar-refractivity contribution < 1.29 is 0 Å². The van der Waals surface area contributed by atoms with E-state index in [1.165, 1.54) is 0 Å². The minimum absolute atomic E-state index is 0.425. The zero-order valence-electron chi connectivity index (χ0n) is 8.68. The molecule has 0 atom stereocenters. The summed E-state index contributed by atoms with van der Waals surface area (Å²) in [6, 6.07) is 10.6. The number of rotatable bonds is 2. The summed E-state index contributed by atoms with van der Waals surface area (Å²) in [5.74, 6) is 0. The van der Waals surface area contributed by atoms with Crippen LogP contribution in [-0.4, -0.2) is 0 Å². The standard InChI is InChI=1S/C12H9Cl3N2/c13-7-3-1-2-4-11(7)17-12-6-9(15)8(14)5-10(12)16/h1-6,17H,16H2. The van der Waals surface area contributed by atoms with Gasteiger partial charge in [0.05, 0.1) is 32.1 Å². The second kappa shape index (κ2) is 5.05. The molecule has 0 aliphatic rings. The normalized spacial score (nSPS) is 10.3. The monoisotopic (exact) mass is 286 g/mol. The van der Waals surface area contributed by atoms with E-state index < -0.39 is 0 Å². The van der Waals surface area contributed by atoms with Crippen LogP contribution in [0.1, 0.15) is 0 Å². The van der Waals surface area contributed by atoms with Gasteiger partial charge in [0.2, 0.25) is 0 Å². The van der Waals surface area contributed by atoms with Gasteiger partial charge in [-0.2, -0.15) is 0 Å². The number of nitrogens with one attached hydrogen (secondary N) is 1. The molecular formula is C12H9Cl3N2. The third kappa shape index (κ3) is 2.78. The van der Waals surface area contributed by atoms with Gasteiger partial charge < -0.3 is 11.1 Å². The van der Waals surface area contributed by atoms with Crippen molar-refractivity contribution in [3.63, 3.8) is 0 Å². The van der Waals surface area contributed by atoms with E-state index in [9.17, 15) is 0 Å². The molecule has 0 saturated heterocycles. The van der Waals surface area contributed by atoms with Crippen molar-refractivity contribution in [1.29, 1.82) is 0 Å². The van der Waals surface area contributed by atoms with Gasteiger partial charge in [0.1, 0.15) is 0 Å². The molecule has 3 N–H and O–H groups in total. The lowest BCUT2D eigenvalue weighted by Crippen LogP contribution is -1.97. The van der Waals surface area contributed by atoms with Crippen LogP contribution in [0.3, 0.4) is 0 Å². The summed E-state index contributed by atoms with van der Waals surface area (Å²) in [5.41, 5.74) is 7.79. The van der Waals surface area contributed by atoms with Crippen LogP contribution in [0.15, 0.2) is 36.4 Å². The van der Waals surface area contributed by atoms with Crippen molar-refractivity contribution >= 4 is 51.9 Å². The highest BCUT2D eigenvalue weighted by molar-refractivity contribution is 6.42. The first-order valence-corrected chi connectivity index (χ1v) is 5.97. The number of halogens is 3. The molecule has 2 rings (SSSR count). The van der Waals surface area contributed by atoms with Crippen LogP contribution in [0.5, 0.6) is 0 Å². The van der Waals surface area contributed by atoms with E-state index in [4.69, 9.17) is 40.5 Å². The largest absolute Gasteiger partial charge is 0.397 e. The van der Waals surface area contributed by atoms with Crippen LogP contribution in [0.2, 0.25) is 15.1 Å². The van der Waals surface area contributed by atoms with Crippen LogP contribution < -0.4 is 11.1 Å². The number of hydrogen-bond donors (Lipinski definition) is 2. The second-order valence-electron chi connectivity index (χ2n) is 3.46. The highest BCUT2D eigenvalue weighted by Crippen LogP contribution is 2.34. The topological polar surface area (TPSA) is 38.0 Å². The Hall–Kier alpha value is -1.09. The van der Waals surface area contributed by atoms with E-state index in [0.29, 0.717) is 26.4 Å². The zero-order chi connectivity index (χ0) is 12.4. The first-order valence-electron chi connectivity index (χ1n) is 4.84. The molecule has 0 aliphatic heterocycles. The number of nitrogens with two attached hydrogens (primary N) is 1. The Morgan fingerprint density at radius 1 is 0.824 bits per heavy atom. The first-order chi connectivity index (χ1) is 8.08. The smallest absolute Gasteiger partial charge is 0.0640 e. The number of hydrogen-bond acceptors (Lipinski definition) is 2. The van der Waals surface area contributed by atoms with Crippen molar-refractivity contribution in [2.24, 2.45) is 0 Å². The predicted molar refractivity (Wildman–Crippen MR) is 75.6 cm³/mol. The Labute approximate surface area is 114 Å². The lowest BCUT2D eigenvalue weighted by atomic mass is 10.2. The Morgan fingerprint density at radius 3 is 2.18 bits per heavy atom. The average Bonchev–Trinajstić information content (AvgIpc) is 2.29. The number of nitrogen functional groups attached to an aromatic ring is 1. The van der Waals surface area contributed by atoms with Crippen molar-refractivity contribution in [3.05, 3.63) is 51.5 Å². The van der Waals surface area contributed by atoms with Crippen molar-refractivity contribution in [1.82, 2.24) is 0 Å². The number of benzene rings is 2. The van der Waals surface area contributed by atoms with Crippen LogP contribution >= 0.6 is 34.8 Å². The number of anilines is 3. The zero-order valence-corrected chi connectivity index (χ0v) is 10.9. The molecule has 0 spiro atoms. The summed E-state index contributed by atoms with van der Waals surface area (Å²) in [6.45, 7) is 0. The van der Waals surface area contributed by atoms with Gasteiger partial charge in [-0.25, -0.2) is 0 Å². The summed E-state index contributed by atoms with van der Waals surface area (Å²) in [5, 5.41) is 4.58. The summed E-state index contributed by atoms with van der Waals surface area (Å²) in [4.78, 5) is 0. The van der Waals surface area contributed by atoms with Gasteiger partial charge in [0, 0.05) is 0 Å². The maximum absolute atomic E-state index is 6.04. The molecule has 2 nitrogen and oxygen atoms in total. The molecule has 0 unspecified atom stereocenters. The molecule has 0 amide bonds. The van der Waals surface area contributed by atoms with Gasteiger partial charge >= 0.3 is 0 Å². The quantitative estimate of drug-likeness (QED) is 0.765. The molecule has 88 valence electrons. The van der Waals surface area contributed by atoms with Crippen LogP contribution in [0.4, 0.5) is 17.1 Å². The maximum atomic E-state index is 6.04. The molecule has 0 fully saturated rings. The van der Waals surface area contributed by atoms with E-state index in [2.05, 4.69) is 5.32 Å². The third-order valence-electron chi connectivity index (χ3n) is 2.24. The average molecular weight is 288 g/mol. The summed E-state index contributed by atoms with van der Waals surface area (Å²) in [7, 11) is 0. The molecule has 17 heavy (non-hydrogen) atoms. The summed E-state index contributed by atoms with van der Waals surface area (Å²) in [6.07, 6.45) is 0. The minimum Gasteiger partial charge on any atom is -0.397 e. The summed E-state index contributed by atoms with van der Waals surface area (Å²) >= 11 is 17.8. The first kappa shape index (κ1) is 12.4. The molecule has 0 aliphatic carbocycles. The van der Waals surface area contributed by atoms with Gasteiger partial charge in [-0.3, -0.25) is 0 Å². The third-order valence-corrected chi connectivity index (χ3v) is 3.29. The maximum Gasteiger partial charge on any atom is 0.0640 e. The highest BCUT2D eigenvalue weighted by Gasteiger charge is 2.06. The van der Waals surface area contributed by atoms with Crippen LogP contribution in [0, 0.1) is 0 Å². The van der Waals surface area contributed by atoms with Crippen molar-refractivity contribution in [2.75, 3.05) is 11.1 Å². The van der Waals surface area contributed by atoms with E-state index in [0.717, 1.165) is 5.69 Å². The molecule has 0 bridgehead atoms. The van der Waals surface area contributed by atoms with Gasteiger partial charge in [0.15, 0.2) is 0 Å². The Bertz CT molecular complexity index is 555. The van der Waals surface area contributed by atoms with E-state index in [1.807, 2.05) is 18.2 Å². The molecule has 0 radical (unpaired) electrons. The lowest BCUT2D eigenvalue weighted by Gasteiger charge is -2.11. The Kier molecular flexibility index (Phi) is 3.67. The van der Waals surface area contributed by atoms with Crippen molar-refractivity contribution in [2.45, 2.75) is 0 Å². The lowest BCUT2D eigenvalue weighted by molar-refractivity contribution is 1.54. The molecule has 0 aromatic heterocycles. The Balaban J connectivity index is 2.37. The second-order valence-corrected chi connectivity index (χ2v) is 4.68. The van der Waals surface area contributed by atoms with E-state index in [-0.39, 0.29) is 0 Å². The molecule has 0 heterocycles. The van der Waals surface area contributed by atoms with Crippen LogP contribution in [-0.2, 0) is 0 Å². The fraction of sp³-hybridized carbons (Fsp3) is 0. The molecular weight excluding hydrogens is 279 g/mol. The predicted octanol–water partition coefficient (Wildman–Crippen LogP) is 4.97. The fourth-order valence-electron chi connectivity index (χ4n) is 1.38. The number of para-hydroxylation sites is 1. The summed E-state index contributed by atoms with van der Waals surface area (Å²) < 4.78 is 0. The van der Waals surface area contributed by atoms with Gasteiger partial charge in [0.25, 0.3) is 0 Å². The molecule has 5 heteroatoms. The SMILES string of the molecule is Nc1cc(Cl)c(Cl)cc1Nc1ccccc1Cl. The molecule has 2 aromatic rings. The fourth-order valence-corrected chi connectivity index (χ4v) is 1.90. The van der Waals surface area contributed by atoms with Crippen LogP contribution in [0.25, 0.3) is 0 Å². The van der Waals surface area contributed by atoms with E-state index in [1.54, 1.807) is 18.2 Å². The minimum atomic E-state index is 0.425. The van der Waals surface area contributed by atoms with Gasteiger partial charge in [-0.05, 0) is 24.3 Å².